The summed E-state index contributed by atoms with van der Waals surface area (Å²) in [6.07, 6.45) is 4.60. The Hall–Kier alpha value is -3.51. The number of hydrogen-bond donors (Lipinski definition) is 2. The second-order valence-corrected chi connectivity index (χ2v) is 8.29. The van der Waals surface area contributed by atoms with Crippen molar-refractivity contribution in [1.29, 1.82) is 0 Å². The first-order chi connectivity index (χ1) is 15.9. The first-order valence-electron chi connectivity index (χ1n) is 10.7. The standard InChI is InChI=1S/C26H25ClN2O4/c1-15-12-17(13-16(2)23(15)27)33-11-5-8-19-18-6-4-7-20(24(18)29-25(19)26(30)31)21-14-28-10-9-22(21)32-3/h4,6-7,9-10,12-14,29H,5,8,11H2,1-3H3,(H,30,31). The lowest BCUT2D eigenvalue weighted by Crippen LogP contribution is -2.04. The molecule has 0 unspecified atom stereocenters. The quantitative estimate of drug-likeness (QED) is 0.302. The molecule has 2 aromatic carbocycles. The number of ether oxygens (including phenoxy) is 2. The van der Waals surface area contributed by atoms with E-state index in [9.17, 15) is 9.90 Å². The third-order valence-corrected chi connectivity index (χ3v) is 6.29. The molecule has 0 radical (unpaired) electrons. The number of para-hydroxylation sites is 1. The summed E-state index contributed by atoms with van der Waals surface area (Å²) in [5.74, 6) is 0.445. The van der Waals surface area contributed by atoms with E-state index in [4.69, 9.17) is 21.1 Å². The molecule has 0 aliphatic carbocycles. The zero-order chi connectivity index (χ0) is 23.5. The summed E-state index contributed by atoms with van der Waals surface area (Å²) in [4.78, 5) is 19.3. The second-order valence-electron chi connectivity index (χ2n) is 7.91. The van der Waals surface area contributed by atoms with E-state index in [-0.39, 0.29) is 5.69 Å². The molecular weight excluding hydrogens is 440 g/mol. The molecule has 2 N–H and O–H groups in total. The Bertz CT molecular complexity index is 1310. The van der Waals surface area contributed by atoms with Gasteiger partial charge in [0.2, 0.25) is 0 Å². The maximum absolute atomic E-state index is 12.0. The molecule has 2 heterocycles. The van der Waals surface area contributed by atoms with Gasteiger partial charge in [-0.15, -0.1) is 0 Å². The molecule has 0 aliphatic rings. The number of aryl methyl sites for hydroxylation is 3. The first-order valence-corrected chi connectivity index (χ1v) is 11.0. The maximum Gasteiger partial charge on any atom is 0.352 e. The van der Waals surface area contributed by atoms with Crippen molar-refractivity contribution in [3.05, 3.63) is 76.2 Å². The Kier molecular flexibility index (Phi) is 6.56. The number of rotatable bonds is 8. The van der Waals surface area contributed by atoms with Crippen molar-refractivity contribution in [1.82, 2.24) is 9.97 Å². The molecule has 0 spiro atoms. The molecule has 7 heteroatoms. The molecule has 0 bridgehead atoms. The predicted octanol–water partition coefficient (Wildman–Crippen LogP) is 6.22. The number of fused-ring (bicyclic) bond motifs is 1. The van der Waals surface area contributed by atoms with Crippen LogP contribution in [0.25, 0.3) is 22.0 Å². The molecule has 0 aliphatic heterocycles. The van der Waals surface area contributed by atoms with E-state index in [1.54, 1.807) is 25.6 Å². The lowest BCUT2D eigenvalue weighted by atomic mass is 10.0. The van der Waals surface area contributed by atoms with Crippen LogP contribution in [-0.2, 0) is 6.42 Å². The van der Waals surface area contributed by atoms with Crippen molar-refractivity contribution in [3.63, 3.8) is 0 Å². The maximum atomic E-state index is 12.0. The van der Waals surface area contributed by atoms with Crippen molar-refractivity contribution in [2.75, 3.05) is 13.7 Å². The fraction of sp³-hybridized carbons (Fsp3) is 0.231. The van der Waals surface area contributed by atoms with Crippen LogP contribution in [0.1, 0.15) is 33.6 Å². The summed E-state index contributed by atoms with van der Waals surface area (Å²) in [6.45, 7) is 4.35. The normalized spacial score (nSPS) is 11.0. The molecule has 0 atom stereocenters. The highest BCUT2D eigenvalue weighted by Crippen LogP contribution is 2.36. The number of carbonyl (C=O) groups is 1. The van der Waals surface area contributed by atoms with Crippen LogP contribution in [0.4, 0.5) is 0 Å². The highest BCUT2D eigenvalue weighted by Gasteiger charge is 2.20. The molecule has 4 aromatic rings. The average molecular weight is 465 g/mol. The number of halogens is 1. The van der Waals surface area contributed by atoms with E-state index in [1.165, 1.54) is 0 Å². The predicted molar refractivity (Wildman–Crippen MR) is 130 cm³/mol. The minimum atomic E-state index is -0.991. The van der Waals surface area contributed by atoms with Crippen molar-refractivity contribution in [3.8, 4) is 22.6 Å². The third-order valence-electron chi connectivity index (χ3n) is 5.70. The number of methoxy groups -OCH3 is 1. The minimum absolute atomic E-state index is 0.193. The Morgan fingerprint density at radius 2 is 1.91 bits per heavy atom. The molecule has 0 saturated heterocycles. The monoisotopic (exact) mass is 464 g/mol. The zero-order valence-corrected chi connectivity index (χ0v) is 19.5. The third kappa shape index (κ3) is 4.52. The van der Waals surface area contributed by atoms with E-state index in [1.807, 2.05) is 44.2 Å². The van der Waals surface area contributed by atoms with Gasteiger partial charge >= 0.3 is 5.97 Å². The van der Waals surface area contributed by atoms with Gasteiger partial charge in [-0.3, -0.25) is 4.98 Å². The van der Waals surface area contributed by atoms with Crippen LogP contribution in [0.15, 0.2) is 48.8 Å². The van der Waals surface area contributed by atoms with Crippen LogP contribution in [-0.4, -0.2) is 34.8 Å². The summed E-state index contributed by atoms with van der Waals surface area (Å²) < 4.78 is 11.4. The molecule has 33 heavy (non-hydrogen) atoms. The van der Waals surface area contributed by atoms with Gasteiger partial charge in [0.1, 0.15) is 17.2 Å². The number of aromatic carboxylic acids is 1. The number of carboxylic acids is 1. The smallest absolute Gasteiger partial charge is 0.352 e. The Morgan fingerprint density at radius 3 is 2.61 bits per heavy atom. The van der Waals surface area contributed by atoms with E-state index in [0.717, 1.165) is 49.5 Å². The topological polar surface area (TPSA) is 84.4 Å². The number of carboxylic acid groups (broad SMARTS) is 1. The van der Waals surface area contributed by atoms with Crippen molar-refractivity contribution in [2.45, 2.75) is 26.7 Å². The highest BCUT2D eigenvalue weighted by atomic mass is 35.5. The van der Waals surface area contributed by atoms with Crippen LogP contribution < -0.4 is 9.47 Å². The Labute approximate surface area is 197 Å². The van der Waals surface area contributed by atoms with Gasteiger partial charge in [0.15, 0.2) is 0 Å². The summed E-state index contributed by atoms with van der Waals surface area (Å²) in [6, 6.07) is 11.4. The van der Waals surface area contributed by atoms with Crippen LogP contribution in [0.2, 0.25) is 5.02 Å². The van der Waals surface area contributed by atoms with Gasteiger partial charge in [0.25, 0.3) is 0 Å². The number of H-pyrrole nitrogens is 1. The summed E-state index contributed by atoms with van der Waals surface area (Å²) in [5.41, 5.74) is 5.28. The average Bonchev–Trinajstić information content (AvgIpc) is 3.19. The van der Waals surface area contributed by atoms with Crippen LogP contribution >= 0.6 is 11.6 Å². The van der Waals surface area contributed by atoms with Crippen molar-refractivity contribution >= 4 is 28.5 Å². The fourth-order valence-electron chi connectivity index (χ4n) is 4.13. The molecule has 6 nitrogen and oxygen atoms in total. The molecule has 0 fully saturated rings. The Balaban J connectivity index is 1.61. The lowest BCUT2D eigenvalue weighted by Gasteiger charge is -2.10. The van der Waals surface area contributed by atoms with E-state index in [2.05, 4.69) is 9.97 Å². The van der Waals surface area contributed by atoms with Crippen LogP contribution in [0, 0.1) is 13.8 Å². The number of nitrogens with zero attached hydrogens (tertiary/aromatic N) is 1. The van der Waals surface area contributed by atoms with Gasteiger partial charge in [-0.1, -0.05) is 29.8 Å². The number of aromatic nitrogens is 2. The van der Waals surface area contributed by atoms with Crippen LogP contribution in [0.5, 0.6) is 11.5 Å². The van der Waals surface area contributed by atoms with Gasteiger partial charge in [-0.2, -0.15) is 0 Å². The summed E-state index contributed by atoms with van der Waals surface area (Å²) in [7, 11) is 1.60. The zero-order valence-electron chi connectivity index (χ0n) is 18.7. The van der Waals surface area contributed by atoms with Gasteiger partial charge < -0.3 is 19.6 Å². The van der Waals surface area contributed by atoms with Crippen LogP contribution in [0.3, 0.4) is 0 Å². The van der Waals surface area contributed by atoms with Gasteiger partial charge in [0, 0.05) is 33.9 Å². The molecule has 170 valence electrons. The highest BCUT2D eigenvalue weighted by molar-refractivity contribution is 6.32. The minimum Gasteiger partial charge on any atom is -0.496 e. The lowest BCUT2D eigenvalue weighted by molar-refractivity contribution is 0.0690. The first kappa shape index (κ1) is 22.7. The number of pyridine rings is 1. The van der Waals surface area contributed by atoms with Crippen molar-refractivity contribution < 1.29 is 19.4 Å². The number of benzene rings is 2. The SMILES string of the molecule is COc1ccncc1-c1cccc2c(CCCOc3cc(C)c(Cl)c(C)c3)c(C(=O)O)[nH]c12. The van der Waals surface area contributed by atoms with Gasteiger partial charge in [-0.05, 0) is 61.6 Å². The Morgan fingerprint density at radius 1 is 1.15 bits per heavy atom. The van der Waals surface area contributed by atoms with E-state index < -0.39 is 5.97 Å². The molecule has 0 saturated carbocycles. The number of aromatic amines is 1. The summed E-state index contributed by atoms with van der Waals surface area (Å²) >= 11 is 6.23. The number of nitrogens with one attached hydrogen (secondary N) is 1. The molecular formula is C26H25ClN2O4. The molecule has 2 aromatic heterocycles. The van der Waals surface area contributed by atoms with E-state index >= 15 is 0 Å². The number of hydrogen-bond acceptors (Lipinski definition) is 4. The fourth-order valence-corrected chi connectivity index (χ4v) is 4.24. The molecule has 4 rings (SSSR count). The van der Waals surface area contributed by atoms with Crippen molar-refractivity contribution in [2.24, 2.45) is 0 Å². The summed E-state index contributed by atoms with van der Waals surface area (Å²) in [5, 5.41) is 11.5. The van der Waals surface area contributed by atoms with Gasteiger partial charge in [0.05, 0.1) is 19.2 Å². The largest absolute Gasteiger partial charge is 0.496 e. The molecule has 0 amide bonds. The van der Waals surface area contributed by atoms with E-state index in [0.29, 0.717) is 25.2 Å². The second kappa shape index (κ2) is 9.55. The van der Waals surface area contributed by atoms with Gasteiger partial charge in [-0.25, -0.2) is 4.79 Å².